The summed E-state index contributed by atoms with van der Waals surface area (Å²) in [4.78, 5) is 14.8. The van der Waals surface area contributed by atoms with Crippen molar-refractivity contribution >= 4 is 17.5 Å². The molecule has 0 saturated carbocycles. The predicted molar refractivity (Wildman–Crippen MR) is 72.7 cm³/mol. The zero-order valence-corrected chi connectivity index (χ0v) is 11.4. The maximum atomic E-state index is 13.9. The number of halogens is 2. The lowest BCUT2D eigenvalue weighted by molar-refractivity contribution is 0.0906. The molecule has 5 heteroatoms. The van der Waals surface area contributed by atoms with Gasteiger partial charge >= 0.3 is 0 Å². The lowest BCUT2D eigenvalue weighted by Crippen LogP contribution is -2.41. The minimum atomic E-state index is -0.836. The maximum Gasteiger partial charge on any atom is 0.268 e. The van der Waals surface area contributed by atoms with Crippen LogP contribution < -0.4 is 5.32 Å². The summed E-state index contributed by atoms with van der Waals surface area (Å²) in [5.41, 5.74) is -0.0177. The van der Waals surface area contributed by atoms with E-state index in [1.807, 2.05) is 0 Å². The third-order valence-corrected chi connectivity index (χ3v) is 3.11. The Hall–Kier alpha value is -1.81. The molecule has 19 heavy (non-hydrogen) atoms. The van der Waals surface area contributed by atoms with Gasteiger partial charge in [0.15, 0.2) is 0 Å². The van der Waals surface area contributed by atoms with E-state index in [0.717, 1.165) is 0 Å². The number of amides is 1. The van der Waals surface area contributed by atoms with E-state index < -0.39 is 11.4 Å². The number of hydrogen-bond acceptors (Lipinski definition) is 1. The van der Waals surface area contributed by atoms with Gasteiger partial charge in [-0.2, -0.15) is 0 Å². The van der Waals surface area contributed by atoms with Crippen LogP contribution in [-0.4, -0.2) is 10.9 Å². The molecule has 0 aliphatic carbocycles. The number of carbonyl (C=O) groups is 1. The molecule has 0 unspecified atom stereocenters. The number of nitrogens with one attached hydrogen (secondary N) is 2. The van der Waals surface area contributed by atoms with Gasteiger partial charge in [0.2, 0.25) is 0 Å². The van der Waals surface area contributed by atoms with Gasteiger partial charge in [-0.1, -0.05) is 17.7 Å². The van der Waals surface area contributed by atoms with Gasteiger partial charge < -0.3 is 10.3 Å². The molecule has 0 bridgehead atoms. The van der Waals surface area contributed by atoms with Crippen LogP contribution in [0.2, 0.25) is 5.02 Å². The molecule has 100 valence electrons. The van der Waals surface area contributed by atoms with Gasteiger partial charge in [0.05, 0.1) is 5.54 Å². The smallest absolute Gasteiger partial charge is 0.268 e. The van der Waals surface area contributed by atoms with Crippen molar-refractivity contribution in [3.63, 3.8) is 0 Å². The van der Waals surface area contributed by atoms with E-state index in [1.165, 1.54) is 6.07 Å². The average molecular weight is 281 g/mol. The number of aromatic amines is 1. The van der Waals surface area contributed by atoms with Crippen LogP contribution >= 0.6 is 11.6 Å². The Kier molecular flexibility index (Phi) is 3.62. The highest BCUT2D eigenvalue weighted by atomic mass is 35.5. The molecule has 0 aliphatic heterocycles. The number of H-pyrrole nitrogens is 1. The largest absolute Gasteiger partial charge is 0.357 e. The number of hydrogen-bond donors (Lipinski definition) is 2. The molecular weight excluding hydrogens is 267 g/mol. The van der Waals surface area contributed by atoms with E-state index in [4.69, 9.17) is 11.6 Å². The second-order valence-electron chi connectivity index (χ2n) is 4.79. The summed E-state index contributed by atoms with van der Waals surface area (Å²) in [7, 11) is 0. The van der Waals surface area contributed by atoms with Crippen LogP contribution in [0.1, 0.15) is 29.9 Å². The molecule has 2 aromatic rings. The summed E-state index contributed by atoms with van der Waals surface area (Å²) in [5, 5.41) is 3.11. The van der Waals surface area contributed by atoms with Crippen LogP contribution in [0.3, 0.4) is 0 Å². The summed E-state index contributed by atoms with van der Waals surface area (Å²) in [5.74, 6) is -0.728. The summed E-state index contributed by atoms with van der Waals surface area (Å²) in [6.45, 7) is 3.47. The first kappa shape index (κ1) is 13.6. The zero-order valence-electron chi connectivity index (χ0n) is 10.6. The van der Waals surface area contributed by atoms with Gasteiger partial charge in [0.1, 0.15) is 11.5 Å². The van der Waals surface area contributed by atoms with Crippen molar-refractivity contribution in [1.29, 1.82) is 0 Å². The van der Waals surface area contributed by atoms with Gasteiger partial charge in [0, 0.05) is 16.8 Å². The van der Waals surface area contributed by atoms with Crippen LogP contribution in [0.4, 0.5) is 4.39 Å². The third-order valence-electron chi connectivity index (χ3n) is 2.87. The van der Waals surface area contributed by atoms with Crippen LogP contribution in [-0.2, 0) is 5.54 Å². The number of rotatable bonds is 3. The highest BCUT2D eigenvalue weighted by molar-refractivity contribution is 6.30. The van der Waals surface area contributed by atoms with Gasteiger partial charge in [-0.15, -0.1) is 0 Å². The van der Waals surface area contributed by atoms with Crippen LogP contribution in [0.5, 0.6) is 0 Å². The van der Waals surface area contributed by atoms with Crippen molar-refractivity contribution in [2.75, 3.05) is 0 Å². The van der Waals surface area contributed by atoms with Crippen LogP contribution in [0, 0.1) is 5.82 Å². The monoisotopic (exact) mass is 280 g/mol. The van der Waals surface area contributed by atoms with Crippen molar-refractivity contribution < 1.29 is 9.18 Å². The van der Waals surface area contributed by atoms with Crippen molar-refractivity contribution in [3.8, 4) is 0 Å². The second-order valence-corrected chi connectivity index (χ2v) is 5.22. The highest BCUT2D eigenvalue weighted by Crippen LogP contribution is 2.25. The fraction of sp³-hybridized carbons (Fsp3) is 0.214. The van der Waals surface area contributed by atoms with E-state index in [1.54, 1.807) is 44.3 Å². The molecule has 0 atom stereocenters. The minimum Gasteiger partial charge on any atom is -0.357 e. The molecule has 2 rings (SSSR count). The molecule has 1 aromatic carbocycles. The first-order valence-corrected chi connectivity index (χ1v) is 6.19. The van der Waals surface area contributed by atoms with Gasteiger partial charge in [-0.25, -0.2) is 4.39 Å². The van der Waals surface area contributed by atoms with Crippen molar-refractivity contribution in [1.82, 2.24) is 10.3 Å². The highest BCUT2D eigenvalue weighted by Gasteiger charge is 2.26. The topological polar surface area (TPSA) is 44.9 Å². The molecule has 0 aliphatic rings. The molecule has 2 N–H and O–H groups in total. The molecule has 0 saturated heterocycles. The minimum absolute atomic E-state index is 0.288. The van der Waals surface area contributed by atoms with Crippen molar-refractivity contribution in [3.05, 3.63) is 58.6 Å². The van der Waals surface area contributed by atoms with Gasteiger partial charge in [-0.05, 0) is 38.1 Å². The lowest BCUT2D eigenvalue weighted by Gasteiger charge is -2.27. The number of aromatic nitrogens is 1. The van der Waals surface area contributed by atoms with E-state index in [2.05, 4.69) is 10.3 Å². The standard InChI is InChI=1S/C14H14ClFN2O/c1-14(2,10-6-5-9(15)8-11(10)16)18-13(19)12-4-3-7-17-12/h3-8,17H,1-2H3,(H,18,19). The van der Waals surface area contributed by atoms with Crippen LogP contribution in [0.25, 0.3) is 0 Å². The third kappa shape index (κ3) is 2.96. The quantitative estimate of drug-likeness (QED) is 0.888. The Morgan fingerprint density at radius 3 is 2.68 bits per heavy atom. The summed E-state index contributed by atoms with van der Waals surface area (Å²) in [6.07, 6.45) is 1.66. The maximum absolute atomic E-state index is 13.9. The van der Waals surface area contributed by atoms with Gasteiger partial charge in [-0.3, -0.25) is 4.79 Å². The Balaban J connectivity index is 2.25. The molecule has 1 amide bonds. The normalized spacial score (nSPS) is 11.4. The van der Waals surface area contributed by atoms with E-state index in [9.17, 15) is 9.18 Å². The summed E-state index contributed by atoms with van der Waals surface area (Å²) < 4.78 is 13.9. The summed E-state index contributed by atoms with van der Waals surface area (Å²) >= 11 is 5.72. The molecular formula is C14H14ClFN2O. The van der Waals surface area contributed by atoms with E-state index in [-0.39, 0.29) is 5.91 Å². The predicted octanol–water partition coefficient (Wildman–Crippen LogP) is 3.47. The Morgan fingerprint density at radius 2 is 2.11 bits per heavy atom. The first-order chi connectivity index (χ1) is 8.90. The molecule has 0 spiro atoms. The number of benzene rings is 1. The summed E-state index contributed by atoms with van der Waals surface area (Å²) in [6, 6.07) is 7.79. The number of carbonyl (C=O) groups excluding carboxylic acids is 1. The van der Waals surface area contributed by atoms with Crippen molar-refractivity contribution in [2.45, 2.75) is 19.4 Å². The second kappa shape index (κ2) is 5.05. The van der Waals surface area contributed by atoms with Crippen molar-refractivity contribution in [2.24, 2.45) is 0 Å². The molecule has 1 heterocycles. The molecule has 0 fully saturated rings. The van der Waals surface area contributed by atoms with Gasteiger partial charge in [0.25, 0.3) is 5.91 Å². The fourth-order valence-corrected chi connectivity index (χ4v) is 2.05. The van der Waals surface area contributed by atoms with E-state index in [0.29, 0.717) is 16.3 Å². The Bertz CT molecular complexity index is 593. The lowest BCUT2D eigenvalue weighted by atomic mass is 9.93. The molecule has 1 aromatic heterocycles. The fourth-order valence-electron chi connectivity index (χ4n) is 1.89. The molecule has 3 nitrogen and oxygen atoms in total. The molecule has 0 radical (unpaired) electrons. The Morgan fingerprint density at radius 1 is 1.37 bits per heavy atom. The SMILES string of the molecule is CC(C)(NC(=O)c1ccc[nH]1)c1ccc(Cl)cc1F. The van der Waals surface area contributed by atoms with E-state index >= 15 is 0 Å². The van der Waals surface area contributed by atoms with Crippen LogP contribution in [0.15, 0.2) is 36.5 Å². The Labute approximate surface area is 115 Å². The zero-order chi connectivity index (χ0) is 14.0. The average Bonchev–Trinajstić information content (AvgIpc) is 2.80. The first-order valence-electron chi connectivity index (χ1n) is 5.81.